The number of allylic oxidation sites excluding steroid dienone is 4. The van der Waals surface area contributed by atoms with Gasteiger partial charge in [0.2, 0.25) is 5.12 Å². The molecule has 5 rings (SSSR count). The molecule has 4 aliphatic carbocycles. The van der Waals surface area contributed by atoms with E-state index in [1.165, 1.54) is 31.3 Å². The van der Waals surface area contributed by atoms with Crippen LogP contribution in [0, 0.1) is 28.6 Å². The number of hydrogen-bond donors (Lipinski definition) is 1. The first-order valence-corrected chi connectivity index (χ1v) is 14.0. The van der Waals surface area contributed by atoms with Gasteiger partial charge in [-0.15, -0.1) is 0 Å². The summed E-state index contributed by atoms with van der Waals surface area (Å²) < 4.78 is 56.4. The number of fused-ring (bicyclic) bond motifs is 5. The monoisotopic (exact) mass is 555 g/mol. The number of halogens is 3. The van der Waals surface area contributed by atoms with Crippen LogP contribution in [0.25, 0.3) is 0 Å². The van der Waals surface area contributed by atoms with E-state index in [9.17, 15) is 23.9 Å². The standard InChI is InChI=1S/C26H28F3NO5S2/c1-13-8-15-16-10-18(28)17-9-14(31)4-6-23(17,2)25(16,29)20(32)11-24(15,3)26(13,22(34)36-12-27)35-21(33)19-5-7-30-37-19/h4-7,9,13,15-16,18,20,32H,8,10-12H2,1-3H3/t13-,15+,16+,18+,20+,23+,24+,25+,26+/m1/s1. The molecule has 0 spiro atoms. The molecule has 0 aromatic carbocycles. The molecule has 0 radical (unpaired) electrons. The third-order valence-electron chi connectivity index (χ3n) is 9.55. The summed E-state index contributed by atoms with van der Waals surface area (Å²) in [6.45, 7) is 4.84. The van der Waals surface area contributed by atoms with Crippen LogP contribution in [0.1, 0.15) is 49.7 Å². The minimum absolute atomic E-state index is 0.000559. The number of rotatable bonds is 4. The van der Waals surface area contributed by atoms with Crippen LogP contribution in [-0.4, -0.2) is 55.9 Å². The van der Waals surface area contributed by atoms with E-state index in [-0.39, 0.29) is 29.7 Å². The maximum absolute atomic E-state index is 17.4. The van der Waals surface area contributed by atoms with Crippen molar-refractivity contribution in [3.05, 3.63) is 40.9 Å². The van der Waals surface area contributed by atoms with Crippen LogP contribution in [0.3, 0.4) is 0 Å². The van der Waals surface area contributed by atoms with Crippen LogP contribution in [0.2, 0.25) is 0 Å². The van der Waals surface area contributed by atoms with Crippen LogP contribution in [0.5, 0.6) is 0 Å². The smallest absolute Gasteiger partial charge is 0.351 e. The van der Waals surface area contributed by atoms with Crippen molar-refractivity contribution in [1.29, 1.82) is 0 Å². The van der Waals surface area contributed by atoms with Crippen molar-refractivity contribution in [3.8, 4) is 0 Å². The van der Waals surface area contributed by atoms with E-state index in [1.807, 2.05) is 0 Å². The summed E-state index contributed by atoms with van der Waals surface area (Å²) in [6.07, 6.45) is 1.39. The second kappa shape index (κ2) is 8.77. The van der Waals surface area contributed by atoms with Crippen LogP contribution in [0.4, 0.5) is 13.2 Å². The van der Waals surface area contributed by atoms with Crippen LogP contribution < -0.4 is 0 Å². The molecule has 6 nitrogen and oxygen atoms in total. The van der Waals surface area contributed by atoms with Gasteiger partial charge in [0.25, 0.3) is 0 Å². The number of aromatic nitrogens is 1. The van der Waals surface area contributed by atoms with Gasteiger partial charge in [0.1, 0.15) is 17.1 Å². The lowest BCUT2D eigenvalue weighted by atomic mass is 9.44. The quantitative estimate of drug-likeness (QED) is 0.534. The molecule has 1 aromatic rings. The van der Waals surface area contributed by atoms with Gasteiger partial charge >= 0.3 is 5.97 Å². The molecule has 0 amide bonds. The number of nitrogens with zero attached hydrogens (tertiary/aromatic N) is 1. The summed E-state index contributed by atoms with van der Waals surface area (Å²) in [7, 11) is 0. The minimum atomic E-state index is -2.34. The zero-order valence-electron chi connectivity index (χ0n) is 20.6. The lowest BCUT2D eigenvalue weighted by Gasteiger charge is -2.63. The number of thioether (sulfide) groups is 1. The van der Waals surface area contributed by atoms with E-state index < -0.39 is 75.0 Å². The second-order valence-corrected chi connectivity index (χ2v) is 12.7. The third-order valence-corrected chi connectivity index (χ3v) is 11.0. The Kier molecular flexibility index (Phi) is 6.31. The number of hydrogen-bond acceptors (Lipinski definition) is 8. The fourth-order valence-electron chi connectivity index (χ4n) is 7.89. The molecule has 1 aromatic heterocycles. The predicted octanol–water partition coefficient (Wildman–Crippen LogP) is 4.79. The van der Waals surface area contributed by atoms with E-state index in [0.29, 0.717) is 11.8 Å². The average Bonchev–Trinajstić information content (AvgIpc) is 3.45. The molecule has 3 saturated carbocycles. The van der Waals surface area contributed by atoms with Gasteiger partial charge in [0.15, 0.2) is 17.1 Å². The zero-order valence-corrected chi connectivity index (χ0v) is 22.2. The first kappa shape index (κ1) is 26.6. The molecule has 3 fully saturated rings. The number of carbonyl (C=O) groups excluding carboxylic acids is 3. The Labute approximate surface area is 220 Å². The van der Waals surface area contributed by atoms with E-state index in [4.69, 9.17) is 4.74 Å². The van der Waals surface area contributed by atoms with Gasteiger partial charge in [0, 0.05) is 28.9 Å². The van der Waals surface area contributed by atoms with Crippen molar-refractivity contribution in [2.24, 2.45) is 28.6 Å². The van der Waals surface area contributed by atoms with Gasteiger partial charge in [0.05, 0.1) is 6.10 Å². The molecular formula is C26H28F3NO5S2. The first-order valence-electron chi connectivity index (χ1n) is 12.2. The lowest BCUT2D eigenvalue weighted by molar-refractivity contribution is -0.221. The molecule has 1 N–H and O–H groups in total. The van der Waals surface area contributed by atoms with Crippen molar-refractivity contribution in [1.82, 2.24) is 4.37 Å². The topological polar surface area (TPSA) is 93.6 Å². The fraction of sp³-hybridized carbons (Fsp3) is 0.615. The lowest BCUT2D eigenvalue weighted by Crippen LogP contribution is -2.70. The van der Waals surface area contributed by atoms with Crippen molar-refractivity contribution < 1.29 is 37.4 Å². The third kappa shape index (κ3) is 3.35. The van der Waals surface area contributed by atoms with Crippen molar-refractivity contribution in [3.63, 3.8) is 0 Å². The minimum Gasteiger partial charge on any atom is -0.445 e. The summed E-state index contributed by atoms with van der Waals surface area (Å²) in [5, 5.41) is 10.8. The van der Waals surface area contributed by atoms with Crippen LogP contribution in [0.15, 0.2) is 36.1 Å². The predicted molar refractivity (Wildman–Crippen MR) is 132 cm³/mol. The molecule has 0 aliphatic heterocycles. The Morgan fingerprint density at radius 3 is 2.68 bits per heavy atom. The molecule has 1 heterocycles. The fourth-order valence-corrected chi connectivity index (χ4v) is 9.15. The first-order chi connectivity index (χ1) is 17.4. The number of aliphatic hydroxyl groups is 1. The normalized spacial score (nSPS) is 44.5. The number of aliphatic hydroxyl groups excluding tert-OH is 1. The SMILES string of the molecule is C[C@@H]1C[C@H]2[C@@H]3C[C@H](F)C4=CC(=O)C=C[C@]4(C)[C@@]3(F)[C@@H](O)C[C@]2(C)[C@@]1(OC(=O)c1ccns1)C(=O)SCF. The molecule has 200 valence electrons. The summed E-state index contributed by atoms with van der Waals surface area (Å²) in [4.78, 5) is 38.9. The Balaban J connectivity index is 1.64. The number of ketones is 1. The van der Waals surface area contributed by atoms with Crippen molar-refractivity contribution in [2.75, 3.05) is 6.01 Å². The van der Waals surface area contributed by atoms with Gasteiger partial charge in [-0.05, 0) is 79.2 Å². The van der Waals surface area contributed by atoms with Crippen molar-refractivity contribution in [2.45, 2.75) is 63.6 Å². The van der Waals surface area contributed by atoms with E-state index >= 15 is 8.78 Å². The summed E-state index contributed by atoms with van der Waals surface area (Å²) >= 11 is 1.25. The average molecular weight is 556 g/mol. The highest BCUT2D eigenvalue weighted by atomic mass is 32.2. The Hall–Kier alpha value is -1.98. The Bertz CT molecular complexity index is 1210. The summed E-state index contributed by atoms with van der Waals surface area (Å²) in [5.74, 6) is -3.63. The maximum atomic E-state index is 17.4. The largest absolute Gasteiger partial charge is 0.445 e. The van der Waals surface area contributed by atoms with Crippen molar-refractivity contribution >= 4 is 40.2 Å². The van der Waals surface area contributed by atoms with Gasteiger partial charge in [-0.2, -0.15) is 0 Å². The van der Waals surface area contributed by atoms with Crippen LogP contribution in [-0.2, 0) is 14.3 Å². The Morgan fingerprint density at radius 1 is 1.30 bits per heavy atom. The van der Waals surface area contributed by atoms with E-state index in [0.717, 1.165) is 17.6 Å². The Morgan fingerprint density at radius 2 is 2.03 bits per heavy atom. The summed E-state index contributed by atoms with van der Waals surface area (Å²) in [5.41, 5.74) is -7.10. The maximum Gasteiger partial charge on any atom is 0.351 e. The van der Waals surface area contributed by atoms with Crippen LogP contribution >= 0.6 is 23.3 Å². The molecular weight excluding hydrogens is 527 g/mol. The highest BCUT2D eigenvalue weighted by molar-refractivity contribution is 8.13. The summed E-state index contributed by atoms with van der Waals surface area (Å²) in [6, 6.07) is 0.387. The number of ether oxygens (including phenoxy) is 1. The van der Waals surface area contributed by atoms with Gasteiger partial charge < -0.3 is 9.84 Å². The van der Waals surface area contributed by atoms with E-state index in [2.05, 4.69) is 4.37 Å². The highest BCUT2D eigenvalue weighted by Crippen LogP contribution is 2.72. The molecule has 4 aliphatic rings. The van der Waals surface area contributed by atoms with Gasteiger partial charge in [-0.25, -0.2) is 22.3 Å². The molecule has 0 unspecified atom stereocenters. The van der Waals surface area contributed by atoms with Gasteiger partial charge in [-0.3, -0.25) is 9.59 Å². The number of esters is 1. The molecule has 11 heteroatoms. The molecule has 37 heavy (non-hydrogen) atoms. The second-order valence-electron chi connectivity index (χ2n) is 11.0. The zero-order chi connectivity index (χ0) is 27.0. The highest BCUT2D eigenvalue weighted by Gasteiger charge is 2.78. The number of alkyl halides is 3. The number of carbonyl (C=O) groups is 3. The van der Waals surface area contributed by atoms with E-state index in [1.54, 1.807) is 13.8 Å². The molecule has 0 saturated heterocycles. The van der Waals surface area contributed by atoms with Gasteiger partial charge in [-0.1, -0.05) is 19.9 Å². The molecule has 0 bridgehead atoms. The molecule has 9 atom stereocenters.